The Hall–Kier alpha value is -0.740. The standard InChI is InChI=1S/C11H18N2OS/c1-2-4-12-10-3-5-13-11(8-10)9-15-7-6-14/h3,5,8,14H,2,4,6-7,9H2,1H3,(H,12,13). The van der Waals surface area contributed by atoms with Gasteiger partial charge in [0.05, 0.1) is 12.3 Å². The van der Waals surface area contributed by atoms with E-state index in [-0.39, 0.29) is 6.61 Å². The number of nitrogens with one attached hydrogen (secondary N) is 1. The fraction of sp³-hybridized carbons (Fsp3) is 0.545. The van der Waals surface area contributed by atoms with Crippen molar-refractivity contribution in [2.24, 2.45) is 0 Å². The van der Waals surface area contributed by atoms with Crippen molar-refractivity contribution in [2.45, 2.75) is 19.1 Å². The molecule has 1 rings (SSSR count). The van der Waals surface area contributed by atoms with Crippen LogP contribution in [0.4, 0.5) is 5.69 Å². The molecule has 1 aromatic rings. The van der Waals surface area contributed by atoms with E-state index in [9.17, 15) is 0 Å². The van der Waals surface area contributed by atoms with E-state index in [0.29, 0.717) is 0 Å². The predicted octanol–water partition coefficient (Wildman–Crippen LogP) is 2.13. The molecule has 3 nitrogen and oxygen atoms in total. The Balaban J connectivity index is 2.42. The summed E-state index contributed by atoms with van der Waals surface area (Å²) in [5.74, 6) is 1.64. The van der Waals surface area contributed by atoms with Crippen molar-refractivity contribution in [3.05, 3.63) is 24.0 Å². The molecule has 0 aliphatic rings. The fourth-order valence-corrected chi connectivity index (χ4v) is 1.82. The first-order valence-electron chi connectivity index (χ1n) is 5.24. The Bertz CT molecular complexity index is 281. The first-order chi connectivity index (χ1) is 7.36. The van der Waals surface area contributed by atoms with Crippen LogP contribution in [-0.4, -0.2) is 29.0 Å². The van der Waals surface area contributed by atoms with Crippen LogP contribution >= 0.6 is 11.8 Å². The summed E-state index contributed by atoms with van der Waals surface area (Å²) in [4.78, 5) is 4.28. The molecule has 0 unspecified atom stereocenters. The molecule has 84 valence electrons. The number of aromatic nitrogens is 1. The molecular weight excluding hydrogens is 208 g/mol. The number of pyridine rings is 1. The van der Waals surface area contributed by atoms with Crippen molar-refractivity contribution in [3.8, 4) is 0 Å². The van der Waals surface area contributed by atoms with Crippen LogP contribution in [0.15, 0.2) is 18.3 Å². The Kier molecular flexibility index (Phi) is 6.20. The maximum Gasteiger partial charge on any atom is 0.0523 e. The SMILES string of the molecule is CCCNc1ccnc(CSCCO)c1. The summed E-state index contributed by atoms with van der Waals surface area (Å²) >= 11 is 1.70. The number of nitrogens with zero attached hydrogens (tertiary/aromatic N) is 1. The highest BCUT2D eigenvalue weighted by Crippen LogP contribution is 2.13. The van der Waals surface area contributed by atoms with Crippen LogP contribution in [0.3, 0.4) is 0 Å². The summed E-state index contributed by atoms with van der Waals surface area (Å²) < 4.78 is 0. The molecule has 4 heteroatoms. The number of rotatable bonds is 7. The highest BCUT2D eigenvalue weighted by Gasteiger charge is 1.97. The fourth-order valence-electron chi connectivity index (χ4n) is 1.18. The third-order valence-electron chi connectivity index (χ3n) is 1.88. The van der Waals surface area contributed by atoms with Crippen molar-refractivity contribution in [3.63, 3.8) is 0 Å². The van der Waals surface area contributed by atoms with Gasteiger partial charge in [0.15, 0.2) is 0 Å². The van der Waals surface area contributed by atoms with Crippen molar-refractivity contribution in [1.82, 2.24) is 4.98 Å². The Morgan fingerprint density at radius 2 is 2.40 bits per heavy atom. The molecule has 0 atom stereocenters. The van der Waals surface area contributed by atoms with Crippen molar-refractivity contribution < 1.29 is 5.11 Å². The number of aliphatic hydroxyl groups is 1. The van der Waals surface area contributed by atoms with E-state index in [1.165, 1.54) is 0 Å². The van der Waals surface area contributed by atoms with Crippen LogP contribution in [0.2, 0.25) is 0 Å². The summed E-state index contributed by atoms with van der Waals surface area (Å²) in [7, 11) is 0. The molecule has 1 aromatic heterocycles. The van der Waals surface area contributed by atoms with E-state index in [0.717, 1.165) is 35.9 Å². The predicted molar refractivity (Wildman–Crippen MR) is 66.3 cm³/mol. The average molecular weight is 226 g/mol. The number of thioether (sulfide) groups is 1. The molecule has 0 spiro atoms. The second-order valence-corrected chi connectivity index (χ2v) is 4.34. The minimum Gasteiger partial charge on any atom is -0.396 e. The molecule has 0 aromatic carbocycles. The highest BCUT2D eigenvalue weighted by atomic mass is 32.2. The van der Waals surface area contributed by atoms with Gasteiger partial charge in [0.2, 0.25) is 0 Å². The van der Waals surface area contributed by atoms with Crippen LogP contribution in [0, 0.1) is 0 Å². The summed E-state index contributed by atoms with van der Waals surface area (Å²) in [6.45, 7) is 3.37. The third-order valence-corrected chi connectivity index (χ3v) is 2.85. The molecule has 0 aliphatic heterocycles. The van der Waals surface area contributed by atoms with Gasteiger partial charge in [0.25, 0.3) is 0 Å². The zero-order chi connectivity index (χ0) is 10.9. The number of hydrogen-bond acceptors (Lipinski definition) is 4. The number of anilines is 1. The molecule has 0 fully saturated rings. The van der Waals surface area contributed by atoms with E-state index in [4.69, 9.17) is 5.11 Å². The molecule has 0 saturated heterocycles. The third kappa shape index (κ3) is 5.04. The molecule has 0 aliphatic carbocycles. The monoisotopic (exact) mass is 226 g/mol. The van der Waals surface area contributed by atoms with Crippen molar-refractivity contribution in [1.29, 1.82) is 0 Å². The maximum absolute atomic E-state index is 8.66. The Morgan fingerprint density at radius 3 is 3.13 bits per heavy atom. The van der Waals surface area contributed by atoms with E-state index >= 15 is 0 Å². The maximum atomic E-state index is 8.66. The summed E-state index contributed by atoms with van der Waals surface area (Å²) in [6.07, 6.45) is 2.95. The first kappa shape index (κ1) is 12.3. The van der Waals surface area contributed by atoms with E-state index < -0.39 is 0 Å². The van der Waals surface area contributed by atoms with Gasteiger partial charge in [-0.25, -0.2) is 0 Å². The highest BCUT2D eigenvalue weighted by molar-refractivity contribution is 7.98. The van der Waals surface area contributed by atoms with Gasteiger partial charge in [-0.3, -0.25) is 4.98 Å². The first-order valence-corrected chi connectivity index (χ1v) is 6.39. The van der Waals surface area contributed by atoms with Gasteiger partial charge in [-0.1, -0.05) is 6.92 Å². The van der Waals surface area contributed by atoms with Crippen molar-refractivity contribution >= 4 is 17.4 Å². The van der Waals surface area contributed by atoms with Gasteiger partial charge in [-0.15, -0.1) is 0 Å². The van der Waals surface area contributed by atoms with Crippen LogP contribution < -0.4 is 5.32 Å². The van der Waals surface area contributed by atoms with E-state index in [1.54, 1.807) is 11.8 Å². The summed E-state index contributed by atoms with van der Waals surface area (Å²) in [5.41, 5.74) is 2.20. The molecule has 1 heterocycles. The Labute approximate surface area is 95.3 Å². The van der Waals surface area contributed by atoms with E-state index in [2.05, 4.69) is 23.3 Å². The van der Waals surface area contributed by atoms with Crippen LogP contribution in [0.1, 0.15) is 19.0 Å². The topological polar surface area (TPSA) is 45.2 Å². The van der Waals surface area contributed by atoms with Crippen LogP contribution in [0.25, 0.3) is 0 Å². The lowest BCUT2D eigenvalue weighted by Crippen LogP contribution is -2.00. The molecule has 0 bridgehead atoms. The molecule has 15 heavy (non-hydrogen) atoms. The van der Waals surface area contributed by atoms with Gasteiger partial charge in [0, 0.05) is 29.9 Å². The van der Waals surface area contributed by atoms with Gasteiger partial charge < -0.3 is 10.4 Å². The normalized spacial score (nSPS) is 10.3. The quantitative estimate of drug-likeness (QED) is 0.699. The summed E-state index contributed by atoms with van der Waals surface area (Å²) in [6, 6.07) is 4.05. The van der Waals surface area contributed by atoms with Gasteiger partial charge in [-0.05, 0) is 18.6 Å². The lowest BCUT2D eigenvalue weighted by Gasteiger charge is -2.06. The second kappa shape index (κ2) is 7.54. The molecule has 0 saturated carbocycles. The lowest BCUT2D eigenvalue weighted by molar-refractivity contribution is 0.322. The van der Waals surface area contributed by atoms with Crippen LogP contribution in [-0.2, 0) is 5.75 Å². The minimum absolute atomic E-state index is 0.235. The molecule has 0 amide bonds. The molecule has 0 radical (unpaired) electrons. The van der Waals surface area contributed by atoms with E-state index in [1.807, 2.05) is 12.3 Å². The number of hydrogen-bond donors (Lipinski definition) is 2. The average Bonchev–Trinajstić information content (AvgIpc) is 2.27. The lowest BCUT2D eigenvalue weighted by atomic mass is 10.3. The zero-order valence-corrected chi connectivity index (χ0v) is 9.89. The van der Waals surface area contributed by atoms with Gasteiger partial charge in [0.1, 0.15) is 0 Å². The Morgan fingerprint density at radius 1 is 1.53 bits per heavy atom. The zero-order valence-electron chi connectivity index (χ0n) is 9.07. The molecular formula is C11H18N2OS. The van der Waals surface area contributed by atoms with Gasteiger partial charge >= 0.3 is 0 Å². The van der Waals surface area contributed by atoms with Crippen LogP contribution in [0.5, 0.6) is 0 Å². The second-order valence-electron chi connectivity index (χ2n) is 3.24. The molecule has 2 N–H and O–H groups in total. The smallest absolute Gasteiger partial charge is 0.0523 e. The van der Waals surface area contributed by atoms with Gasteiger partial charge in [-0.2, -0.15) is 11.8 Å². The minimum atomic E-state index is 0.235. The number of aliphatic hydroxyl groups excluding tert-OH is 1. The van der Waals surface area contributed by atoms with Crippen molar-refractivity contribution in [2.75, 3.05) is 24.2 Å². The summed E-state index contributed by atoms with van der Waals surface area (Å²) in [5, 5.41) is 12.0. The largest absolute Gasteiger partial charge is 0.396 e.